The molecular weight excluding hydrogens is 1240 g/mol. The molecule has 10 heteroatoms. The Labute approximate surface area is 615 Å². The molecule has 1 fully saturated rings. The molecule has 0 heterocycles. The smallest absolute Gasteiger partial charge is 0.303 e. The molecule has 0 amide bonds. The molecule has 0 bridgehead atoms. The van der Waals surface area contributed by atoms with E-state index in [-0.39, 0.29) is 19.3 Å². The van der Waals surface area contributed by atoms with Crippen LogP contribution in [0.4, 0.5) is 0 Å². The van der Waals surface area contributed by atoms with E-state index in [0.717, 1.165) is 120 Å². The van der Waals surface area contributed by atoms with Crippen LogP contribution in [0, 0.1) is 71.0 Å². The first-order valence-electron chi connectivity index (χ1n) is 43.5. The third-order valence-corrected chi connectivity index (χ3v) is 23.8. The summed E-state index contributed by atoms with van der Waals surface area (Å²) in [6.45, 7) is 11.5. The van der Waals surface area contributed by atoms with Crippen molar-refractivity contribution in [3.8, 4) is 0 Å². The highest BCUT2D eigenvalue weighted by molar-refractivity contribution is 5.67. The third-order valence-electron chi connectivity index (χ3n) is 23.8. The summed E-state index contributed by atoms with van der Waals surface area (Å²) in [5, 5.41) is 45.4. The zero-order chi connectivity index (χ0) is 72.9. The molecule has 5 N–H and O–H groups in total. The minimum absolute atomic E-state index is 0.283. The number of rotatable bonds is 67. The number of unbranched alkanes of at least 4 members (excludes halogenated alkanes) is 35. The van der Waals surface area contributed by atoms with Gasteiger partial charge in [-0.05, 0) is 193 Å². The first-order chi connectivity index (χ1) is 48.7. The fourth-order valence-electron chi connectivity index (χ4n) is 18.4. The highest BCUT2D eigenvalue weighted by Crippen LogP contribution is 2.60. The second kappa shape index (κ2) is 63.8. The van der Waals surface area contributed by atoms with Crippen LogP contribution in [0.25, 0.3) is 0 Å². The summed E-state index contributed by atoms with van der Waals surface area (Å²) in [5.74, 6) is 5.07. The van der Waals surface area contributed by atoms with E-state index >= 15 is 0 Å². The molecule has 3 aliphatic carbocycles. The molecule has 0 radical (unpaired) electrons. The van der Waals surface area contributed by atoms with Crippen LogP contribution < -0.4 is 0 Å². The summed E-state index contributed by atoms with van der Waals surface area (Å²) in [4.78, 5) is 55.1. The summed E-state index contributed by atoms with van der Waals surface area (Å²) in [7, 11) is 0. The normalized spacial score (nSPS) is 22.7. The van der Waals surface area contributed by atoms with Crippen molar-refractivity contribution < 1.29 is 49.5 Å². The van der Waals surface area contributed by atoms with Gasteiger partial charge in [-0.15, -0.1) is 0 Å². The molecule has 580 valence electrons. The maximum Gasteiger partial charge on any atom is 0.303 e. The Kier molecular flexibility index (Phi) is 58.9. The lowest BCUT2D eigenvalue weighted by atomic mass is 9.47. The molecule has 0 spiro atoms. The Balaban J connectivity index is 0.000000738. The van der Waals surface area contributed by atoms with Crippen LogP contribution in [0.5, 0.6) is 0 Å². The van der Waals surface area contributed by atoms with Gasteiger partial charge in [0.1, 0.15) is 0 Å². The van der Waals surface area contributed by atoms with E-state index in [0.29, 0.717) is 60.2 Å². The van der Waals surface area contributed by atoms with Crippen LogP contribution in [0.1, 0.15) is 420 Å². The Morgan fingerprint density at radius 2 is 0.460 bits per heavy atom. The van der Waals surface area contributed by atoms with Crippen molar-refractivity contribution in [2.45, 2.75) is 420 Å². The molecule has 3 rings (SSSR count). The number of carboxylic acid groups (broad SMARTS) is 5. The molecule has 12 unspecified atom stereocenters. The zero-order valence-corrected chi connectivity index (χ0v) is 65.8. The van der Waals surface area contributed by atoms with Gasteiger partial charge in [0.05, 0.1) is 0 Å². The topological polar surface area (TPSA) is 186 Å². The van der Waals surface area contributed by atoms with Gasteiger partial charge < -0.3 is 25.5 Å². The number of carboxylic acids is 5. The number of aliphatic carboxylic acids is 5. The van der Waals surface area contributed by atoms with Crippen molar-refractivity contribution in [1.82, 2.24) is 0 Å². The molecule has 0 saturated heterocycles. The van der Waals surface area contributed by atoms with Crippen molar-refractivity contribution in [2.75, 3.05) is 0 Å². The lowest BCUT2D eigenvalue weighted by Crippen LogP contribution is -2.52. The van der Waals surface area contributed by atoms with E-state index in [2.05, 4.69) is 83.2 Å². The van der Waals surface area contributed by atoms with Crippen molar-refractivity contribution in [1.29, 1.82) is 0 Å². The maximum atomic E-state index is 11.2. The lowest BCUT2D eigenvalue weighted by molar-refractivity contribution is -0.138. The Morgan fingerprint density at radius 1 is 0.230 bits per heavy atom. The molecule has 0 aromatic heterocycles. The van der Waals surface area contributed by atoms with Gasteiger partial charge in [0, 0.05) is 32.1 Å². The van der Waals surface area contributed by atoms with Crippen LogP contribution in [0.2, 0.25) is 0 Å². The highest BCUT2D eigenvalue weighted by Gasteiger charge is 2.53. The number of hydrogen-bond acceptors (Lipinski definition) is 5. The minimum atomic E-state index is -0.677. The van der Waals surface area contributed by atoms with Crippen LogP contribution in [-0.2, 0) is 24.0 Å². The Hall–Kier alpha value is -3.69. The second-order valence-electron chi connectivity index (χ2n) is 32.0. The molecule has 12 atom stereocenters. The fraction of sp³-hybridized carbons (Fsp3) is 0.856. The summed E-state index contributed by atoms with van der Waals surface area (Å²) >= 11 is 0. The molecule has 10 nitrogen and oxygen atoms in total. The average molecular weight is 1400 g/mol. The largest absolute Gasteiger partial charge is 0.481 e. The predicted octanol–water partition coefficient (Wildman–Crippen LogP) is 27.6. The Morgan fingerprint density at radius 3 is 0.790 bits per heavy atom. The molecule has 0 aromatic carbocycles. The average Bonchev–Trinajstić information content (AvgIpc) is 0.742. The first kappa shape index (κ1) is 92.4. The highest BCUT2D eigenvalue weighted by atomic mass is 16.4. The van der Waals surface area contributed by atoms with Gasteiger partial charge in [0.15, 0.2) is 0 Å². The van der Waals surface area contributed by atoms with Gasteiger partial charge in [-0.2, -0.15) is 0 Å². The summed E-state index contributed by atoms with van der Waals surface area (Å²) in [6, 6.07) is 0. The van der Waals surface area contributed by atoms with Crippen molar-refractivity contribution >= 4 is 29.8 Å². The molecule has 0 aromatic rings. The maximum absolute atomic E-state index is 11.2. The van der Waals surface area contributed by atoms with E-state index in [9.17, 15) is 34.2 Å². The fourth-order valence-corrected chi connectivity index (χ4v) is 18.4. The predicted molar refractivity (Wildman–Crippen MR) is 422 cm³/mol. The molecule has 3 aliphatic rings. The van der Waals surface area contributed by atoms with Gasteiger partial charge in [-0.1, -0.05) is 314 Å². The number of allylic oxidation sites excluding steroid dienone is 8. The number of carbonyl (C=O) groups is 5. The zero-order valence-electron chi connectivity index (χ0n) is 65.8. The van der Waals surface area contributed by atoms with Crippen LogP contribution >= 0.6 is 0 Å². The quantitative estimate of drug-likeness (QED) is 0.0290. The van der Waals surface area contributed by atoms with Gasteiger partial charge in [-0.3, -0.25) is 24.0 Å². The molecular formula is C90H160O10. The van der Waals surface area contributed by atoms with E-state index in [1.165, 1.54) is 257 Å². The first-order valence-corrected chi connectivity index (χ1v) is 43.5. The van der Waals surface area contributed by atoms with Crippen molar-refractivity contribution in [2.24, 2.45) is 71.0 Å². The SMILES string of the molecule is CCCCCC=CCC1C(CCCCCC)C=CC(CCCCCCCC(=O)O)C1CCCCCCCC(=O)O.CCCCCC=CCC1C(CCCCCCCC(=O)O)C(CCCCCCCC(=O)O)C2C(CCCCCCCC(=O)O)C=CC(CCCCCC)C2C1CCCCCC. The summed E-state index contributed by atoms with van der Waals surface area (Å²) in [5.41, 5.74) is 0. The molecule has 100 heavy (non-hydrogen) atoms. The molecule has 1 saturated carbocycles. The van der Waals surface area contributed by atoms with Gasteiger partial charge in [-0.25, -0.2) is 0 Å². The van der Waals surface area contributed by atoms with Crippen molar-refractivity contribution in [3.05, 3.63) is 48.6 Å². The van der Waals surface area contributed by atoms with E-state index in [4.69, 9.17) is 15.3 Å². The second-order valence-corrected chi connectivity index (χ2v) is 32.0. The van der Waals surface area contributed by atoms with E-state index in [1.807, 2.05) is 0 Å². The summed E-state index contributed by atoms with van der Waals surface area (Å²) in [6.07, 6.45) is 88.2. The van der Waals surface area contributed by atoms with E-state index in [1.54, 1.807) is 0 Å². The standard InChI is InChI=1S/C54H96O6.C36H64O4/c1-4-7-10-13-18-27-35-46-47(36-28-19-15-22-31-40-51(57)58)49(38-29-20-16-23-32-41-52(59)60)54-45(34-25-17-14-21-30-39-50(55)56)43-42-44(33-24-11-8-5-2)53(54)48(46)37-26-12-9-6-3;1-3-5-7-9-13-19-25-33-31(23-17-8-6-4-2)29-30-32(24-18-12-10-15-21-27-35(37)38)34(33)26-20-14-11-16-22-28-36(39)40/h18,27,42-49,53-54H,4-17,19-26,28-41H2,1-3H3,(H,55,56)(H,57,58)(H,59,60);13,19,29-34H,3-12,14-18,20-28H2,1-2H3,(H,37,38)(H,39,40). The summed E-state index contributed by atoms with van der Waals surface area (Å²) < 4.78 is 0. The molecule has 0 aliphatic heterocycles. The van der Waals surface area contributed by atoms with Crippen LogP contribution in [0.15, 0.2) is 48.6 Å². The van der Waals surface area contributed by atoms with Gasteiger partial charge >= 0.3 is 29.8 Å². The van der Waals surface area contributed by atoms with Crippen molar-refractivity contribution in [3.63, 3.8) is 0 Å². The number of fused-ring (bicyclic) bond motifs is 1. The lowest BCUT2D eigenvalue weighted by Gasteiger charge is -2.58. The van der Waals surface area contributed by atoms with Gasteiger partial charge in [0.2, 0.25) is 0 Å². The Bertz CT molecular complexity index is 2110. The van der Waals surface area contributed by atoms with Gasteiger partial charge in [0.25, 0.3) is 0 Å². The number of hydrogen-bond donors (Lipinski definition) is 5. The van der Waals surface area contributed by atoms with Crippen LogP contribution in [0.3, 0.4) is 0 Å². The third kappa shape index (κ3) is 45.5. The minimum Gasteiger partial charge on any atom is -0.481 e. The van der Waals surface area contributed by atoms with Crippen LogP contribution in [-0.4, -0.2) is 55.4 Å². The monoisotopic (exact) mass is 1400 g/mol. The van der Waals surface area contributed by atoms with E-state index < -0.39 is 29.8 Å².